The zero-order valence-corrected chi connectivity index (χ0v) is 12.5. The average molecular weight is 378 g/mol. The summed E-state index contributed by atoms with van der Waals surface area (Å²) >= 11 is 7.84. The molecule has 1 aromatic heterocycles. The monoisotopic (exact) mass is 376 g/mol. The van der Waals surface area contributed by atoms with Crippen molar-refractivity contribution in [3.8, 4) is 0 Å². The van der Waals surface area contributed by atoms with Crippen LogP contribution >= 0.6 is 43.2 Å². The molecule has 0 spiro atoms. The number of thiophene rings is 1. The largest absolute Gasteiger partial charge is 0.293 e. The van der Waals surface area contributed by atoms with Gasteiger partial charge in [0.15, 0.2) is 5.78 Å². The smallest absolute Gasteiger partial charge is 0.178 e. The molecule has 88 valence electrons. The number of halogens is 3. The molecule has 1 nitrogen and oxygen atoms in total. The Morgan fingerprint density at radius 3 is 2.65 bits per heavy atom. The second-order valence-electron chi connectivity index (χ2n) is 3.43. The highest BCUT2D eigenvalue weighted by atomic mass is 79.9. The summed E-state index contributed by atoms with van der Waals surface area (Å²) in [6.07, 6.45) is 0.0816. The lowest BCUT2D eigenvalue weighted by molar-refractivity contribution is 0.0995. The van der Waals surface area contributed by atoms with Crippen molar-refractivity contribution < 1.29 is 9.18 Å². The Bertz CT molecular complexity index is 565. The van der Waals surface area contributed by atoms with Crippen molar-refractivity contribution in [2.45, 2.75) is 6.42 Å². The Morgan fingerprint density at radius 1 is 1.29 bits per heavy atom. The maximum absolute atomic E-state index is 13.6. The molecule has 0 amide bonds. The molecule has 0 saturated heterocycles. The first-order valence-electron chi connectivity index (χ1n) is 4.78. The Labute approximate surface area is 119 Å². The van der Waals surface area contributed by atoms with Gasteiger partial charge in [0.2, 0.25) is 0 Å². The Balaban J connectivity index is 2.22. The van der Waals surface area contributed by atoms with Crippen molar-refractivity contribution >= 4 is 49.0 Å². The molecule has 2 rings (SSSR count). The molecule has 5 heteroatoms. The normalized spacial score (nSPS) is 10.5. The third kappa shape index (κ3) is 3.03. The molecule has 1 heterocycles. The standard InChI is InChI=1S/C12H7Br2FOS/c13-8-2-1-7(10(15)6-8)5-11(16)12-9(14)3-4-17-12/h1-4,6H,5H2. The van der Waals surface area contributed by atoms with Crippen molar-refractivity contribution in [3.05, 3.63) is 54.8 Å². The van der Waals surface area contributed by atoms with Gasteiger partial charge in [-0.3, -0.25) is 4.79 Å². The van der Waals surface area contributed by atoms with Crippen LogP contribution in [0.4, 0.5) is 4.39 Å². The number of hydrogen-bond donors (Lipinski definition) is 0. The van der Waals surface area contributed by atoms with E-state index in [1.807, 2.05) is 11.4 Å². The van der Waals surface area contributed by atoms with Gasteiger partial charge < -0.3 is 0 Å². The van der Waals surface area contributed by atoms with Crippen molar-refractivity contribution in [2.75, 3.05) is 0 Å². The summed E-state index contributed by atoms with van der Waals surface area (Å²) in [6, 6.07) is 6.54. The van der Waals surface area contributed by atoms with Gasteiger partial charge in [-0.15, -0.1) is 11.3 Å². The van der Waals surface area contributed by atoms with E-state index >= 15 is 0 Å². The average Bonchev–Trinajstić information content (AvgIpc) is 2.68. The molecular weight excluding hydrogens is 371 g/mol. The van der Waals surface area contributed by atoms with Crippen LogP contribution in [0.5, 0.6) is 0 Å². The minimum Gasteiger partial charge on any atom is -0.293 e. The minimum atomic E-state index is -0.361. The predicted molar refractivity (Wildman–Crippen MR) is 74.2 cm³/mol. The van der Waals surface area contributed by atoms with Crippen LogP contribution in [0.25, 0.3) is 0 Å². The van der Waals surface area contributed by atoms with Crippen LogP contribution in [0.15, 0.2) is 38.6 Å². The second-order valence-corrected chi connectivity index (χ2v) is 6.12. The van der Waals surface area contributed by atoms with Gasteiger partial charge in [0.1, 0.15) is 5.82 Å². The van der Waals surface area contributed by atoms with E-state index in [-0.39, 0.29) is 18.0 Å². The Kier molecular flexibility index (Phi) is 4.12. The molecule has 0 aliphatic carbocycles. The van der Waals surface area contributed by atoms with E-state index in [0.717, 1.165) is 4.47 Å². The van der Waals surface area contributed by atoms with E-state index in [2.05, 4.69) is 31.9 Å². The first-order valence-corrected chi connectivity index (χ1v) is 7.24. The predicted octanol–water partition coefficient (Wildman–Crippen LogP) is 4.84. The summed E-state index contributed by atoms with van der Waals surface area (Å²) in [5.41, 5.74) is 0.415. The van der Waals surface area contributed by atoms with E-state index in [4.69, 9.17) is 0 Å². The number of rotatable bonds is 3. The van der Waals surface area contributed by atoms with Gasteiger partial charge in [0, 0.05) is 15.4 Å². The molecule has 0 unspecified atom stereocenters. The fourth-order valence-corrected chi connectivity index (χ4v) is 3.28. The fraction of sp³-hybridized carbons (Fsp3) is 0.0833. The fourth-order valence-electron chi connectivity index (χ4n) is 1.41. The molecule has 0 aliphatic heterocycles. The molecule has 1 aromatic carbocycles. The van der Waals surface area contributed by atoms with Crippen LogP contribution in [-0.4, -0.2) is 5.78 Å². The van der Waals surface area contributed by atoms with E-state index < -0.39 is 0 Å². The molecule has 0 saturated carbocycles. The van der Waals surface area contributed by atoms with Gasteiger partial charge in [-0.1, -0.05) is 22.0 Å². The van der Waals surface area contributed by atoms with E-state index in [0.29, 0.717) is 14.9 Å². The lowest BCUT2D eigenvalue weighted by Gasteiger charge is -2.02. The maximum atomic E-state index is 13.6. The summed E-state index contributed by atoms with van der Waals surface area (Å²) < 4.78 is 15.0. The van der Waals surface area contributed by atoms with Crippen molar-refractivity contribution in [2.24, 2.45) is 0 Å². The van der Waals surface area contributed by atoms with Crippen LogP contribution in [0.2, 0.25) is 0 Å². The lowest BCUT2D eigenvalue weighted by Crippen LogP contribution is -2.03. The first kappa shape index (κ1) is 12.9. The number of benzene rings is 1. The van der Waals surface area contributed by atoms with Gasteiger partial charge in [-0.2, -0.15) is 0 Å². The SMILES string of the molecule is O=C(Cc1ccc(Br)cc1F)c1sccc1Br. The maximum Gasteiger partial charge on any atom is 0.178 e. The van der Waals surface area contributed by atoms with Crippen LogP contribution in [0, 0.1) is 5.82 Å². The summed E-state index contributed by atoms with van der Waals surface area (Å²) in [6.45, 7) is 0. The topological polar surface area (TPSA) is 17.1 Å². The number of carbonyl (C=O) groups excluding carboxylic acids is 1. The van der Waals surface area contributed by atoms with Gasteiger partial charge in [0.25, 0.3) is 0 Å². The molecule has 0 bridgehead atoms. The Hall–Kier alpha value is -0.520. The van der Waals surface area contributed by atoms with Crippen molar-refractivity contribution in [1.29, 1.82) is 0 Å². The zero-order chi connectivity index (χ0) is 12.4. The zero-order valence-electron chi connectivity index (χ0n) is 8.54. The second kappa shape index (κ2) is 5.42. The van der Waals surface area contributed by atoms with Gasteiger partial charge in [0.05, 0.1) is 4.88 Å². The third-order valence-corrected chi connectivity index (χ3v) is 4.61. The highest BCUT2D eigenvalue weighted by Gasteiger charge is 2.14. The highest BCUT2D eigenvalue weighted by molar-refractivity contribution is 9.10. The van der Waals surface area contributed by atoms with Crippen LogP contribution < -0.4 is 0 Å². The number of Topliss-reactive ketones (excluding diaryl/α,β-unsaturated/α-hetero) is 1. The molecular formula is C12H7Br2FOS. The number of hydrogen-bond acceptors (Lipinski definition) is 2. The quantitative estimate of drug-likeness (QED) is 0.699. The molecule has 0 atom stereocenters. The van der Waals surface area contributed by atoms with Crippen molar-refractivity contribution in [3.63, 3.8) is 0 Å². The summed E-state index contributed by atoms with van der Waals surface area (Å²) in [5, 5.41) is 1.83. The van der Waals surface area contributed by atoms with E-state index in [9.17, 15) is 9.18 Å². The van der Waals surface area contributed by atoms with Crippen LogP contribution in [0.1, 0.15) is 15.2 Å². The first-order chi connectivity index (χ1) is 8.08. The lowest BCUT2D eigenvalue weighted by atomic mass is 10.1. The molecule has 0 aliphatic rings. The summed E-state index contributed by atoms with van der Waals surface area (Å²) in [4.78, 5) is 12.6. The van der Waals surface area contributed by atoms with Crippen LogP contribution in [-0.2, 0) is 6.42 Å². The highest BCUT2D eigenvalue weighted by Crippen LogP contribution is 2.25. The molecule has 0 radical (unpaired) electrons. The molecule has 0 N–H and O–H groups in total. The minimum absolute atomic E-state index is 0.0758. The van der Waals surface area contributed by atoms with Crippen molar-refractivity contribution in [1.82, 2.24) is 0 Å². The summed E-state index contributed by atoms with van der Waals surface area (Å²) in [5.74, 6) is -0.437. The number of carbonyl (C=O) groups is 1. The Morgan fingerprint density at radius 2 is 2.06 bits per heavy atom. The van der Waals surface area contributed by atoms with Gasteiger partial charge >= 0.3 is 0 Å². The van der Waals surface area contributed by atoms with E-state index in [1.54, 1.807) is 12.1 Å². The molecule has 0 fully saturated rings. The third-order valence-electron chi connectivity index (χ3n) is 2.24. The molecule has 2 aromatic rings. The summed E-state index contributed by atoms with van der Waals surface area (Å²) in [7, 11) is 0. The van der Waals surface area contributed by atoms with Gasteiger partial charge in [-0.05, 0) is 45.1 Å². The van der Waals surface area contributed by atoms with Crippen LogP contribution in [0.3, 0.4) is 0 Å². The molecule has 17 heavy (non-hydrogen) atoms. The van der Waals surface area contributed by atoms with Gasteiger partial charge in [-0.25, -0.2) is 4.39 Å². The van der Waals surface area contributed by atoms with E-state index in [1.165, 1.54) is 17.4 Å². The number of ketones is 1.